The molecule has 1 aromatic carbocycles. The summed E-state index contributed by atoms with van der Waals surface area (Å²) in [5.74, 6) is 0.374. The summed E-state index contributed by atoms with van der Waals surface area (Å²) in [5.41, 5.74) is -1.70. The van der Waals surface area contributed by atoms with Crippen LogP contribution < -0.4 is 15.1 Å². The molecule has 43 heavy (non-hydrogen) atoms. The van der Waals surface area contributed by atoms with Crippen LogP contribution in [0, 0.1) is 5.92 Å². The summed E-state index contributed by atoms with van der Waals surface area (Å²) in [4.78, 5) is 16.4. The van der Waals surface area contributed by atoms with Crippen LogP contribution in [0.2, 0.25) is 0 Å². The lowest BCUT2D eigenvalue weighted by molar-refractivity contribution is -0.137. The maximum Gasteiger partial charge on any atom is 0.418 e. The fraction of sp³-hybridized carbons (Fsp3) is 0.552. The molecular weight excluding hydrogens is 588 g/mol. The van der Waals surface area contributed by atoms with Crippen molar-refractivity contribution in [3.8, 4) is 0 Å². The van der Waals surface area contributed by atoms with E-state index in [0.717, 1.165) is 6.26 Å². The van der Waals surface area contributed by atoms with Crippen LogP contribution in [0.1, 0.15) is 51.2 Å². The monoisotopic (exact) mass is 624 g/mol. The zero-order chi connectivity index (χ0) is 31.5. The van der Waals surface area contributed by atoms with Crippen LogP contribution in [-0.4, -0.2) is 77.9 Å². The molecule has 0 spiro atoms. The molecule has 5 rings (SSSR count). The smallest absolute Gasteiger partial charge is 0.387 e. The summed E-state index contributed by atoms with van der Waals surface area (Å²) in [6, 6.07) is 4.06. The predicted molar refractivity (Wildman–Crippen MR) is 159 cm³/mol. The summed E-state index contributed by atoms with van der Waals surface area (Å²) in [6.45, 7) is 7.34. The van der Waals surface area contributed by atoms with Gasteiger partial charge in [0.15, 0.2) is 0 Å². The second-order valence-electron chi connectivity index (χ2n) is 12.3. The Bertz CT molecular complexity index is 1630. The van der Waals surface area contributed by atoms with Crippen molar-refractivity contribution in [3.05, 3.63) is 41.7 Å². The molecule has 0 aliphatic carbocycles. The van der Waals surface area contributed by atoms with Gasteiger partial charge in [-0.25, -0.2) is 22.8 Å². The molecule has 0 radical (unpaired) electrons. The number of sulfone groups is 1. The first kappa shape index (κ1) is 31.2. The Hall–Kier alpha value is -3.26. The molecule has 2 N–H and O–H groups in total. The van der Waals surface area contributed by atoms with Gasteiger partial charge in [-0.05, 0) is 55.3 Å². The van der Waals surface area contributed by atoms with Crippen LogP contribution in [0.25, 0.3) is 10.8 Å². The van der Waals surface area contributed by atoms with Gasteiger partial charge in [-0.3, -0.25) is 0 Å². The number of pyridine rings is 1. The molecule has 0 saturated carbocycles. The first-order chi connectivity index (χ1) is 19.9. The Balaban J connectivity index is 1.51. The summed E-state index contributed by atoms with van der Waals surface area (Å²) in [7, 11) is -3.29. The number of halogens is 4. The molecule has 4 heterocycles. The zero-order valence-electron chi connectivity index (χ0n) is 24.7. The molecule has 2 aliphatic rings. The molecule has 14 heteroatoms. The number of hydrogen-bond acceptors (Lipinski definition) is 9. The number of piperidine rings is 1. The summed E-state index contributed by atoms with van der Waals surface area (Å²) in [6.07, 6.45) is -1.84. The Morgan fingerprint density at radius 3 is 2.49 bits per heavy atom. The van der Waals surface area contributed by atoms with Gasteiger partial charge >= 0.3 is 6.18 Å². The number of aromatic nitrogens is 3. The molecular formula is C29H36F4N6O3S. The largest absolute Gasteiger partial charge is 0.418 e. The van der Waals surface area contributed by atoms with Crippen molar-refractivity contribution < 1.29 is 31.1 Å². The normalized spacial score (nSPS) is 24.9. The van der Waals surface area contributed by atoms with Gasteiger partial charge in [-0.2, -0.15) is 18.2 Å². The van der Waals surface area contributed by atoms with Gasteiger partial charge in [-0.1, -0.05) is 13.8 Å². The van der Waals surface area contributed by atoms with Gasteiger partial charge in [0.25, 0.3) is 0 Å². The van der Waals surface area contributed by atoms with E-state index < -0.39 is 39.4 Å². The lowest BCUT2D eigenvalue weighted by Crippen LogP contribution is -2.57. The van der Waals surface area contributed by atoms with E-state index in [1.54, 1.807) is 28.9 Å². The van der Waals surface area contributed by atoms with Crippen LogP contribution in [0.15, 0.2) is 30.6 Å². The lowest BCUT2D eigenvalue weighted by Gasteiger charge is -2.49. The minimum absolute atomic E-state index is 0.00529. The summed E-state index contributed by atoms with van der Waals surface area (Å²) < 4.78 is 81.5. The van der Waals surface area contributed by atoms with Crippen LogP contribution >= 0.6 is 0 Å². The van der Waals surface area contributed by atoms with Gasteiger partial charge in [-0.15, -0.1) is 0 Å². The van der Waals surface area contributed by atoms with Crippen molar-refractivity contribution in [1.82, 2.24) is 15.0 Å². The van der Waals surface area contributed by atoms with Crippen molar-refractivity contribution in [2.45, 2.75) is 64.0 Å². The average Bonchev–Trinajstić information content (AvgIpc) is 2.90. The molecule has 2 saturated heterocycles. The van der Waals surface area contributed by atoms with Gasteiger partial charge in [0.2, 0.25) is 5.95 Å². The third kappa shape index (κ3) is 6.35. The molecule has 2 fully saturated rings. The summed E-state index contributed by atoms with van der Waals surface area (Å²) >= 11 is 0. The Labute approximate surface area is 248 Å². The number of alkyl halides is 4. The van der Waals surface area contributed by atoms with E-state index in [9.17, 15) is 31.1 Å². The number of anilines is 4. The van der Waals surface area contributed by atoms with Crippen LogP contribution in [0.5, 0.6) is 0 Å². The van der Waals surface area contributed by atoms with Crippen LogP contribution in [0.4, 0.5) is 40.8 Å². The van der Waals surface area contributed by atoms with Crippen molar-refractivity contribution in [1.29, 1.82) is 0 Å². The van der Waals surface area contributed by atoms with Crippen molar-refractivity contribution in [2.24, 2.45) is 5.92 Å². The van der Waals surface area contributed by atoms with E-state index in [1.807, 2.05) is 13.8 Å². The number of nitrogens with zero attached hydrogens (tertiary/aromatic N) is 5. The molecule has 9 nitrogen and oxygen atoms in total. The third-order valence-corrected chi connectivity index (χ3v) is 9.52. The Morgan fingerprint density at radius 1 is 1.16 bits per heavy atom. The number of benzene rings is 1. The second-order valence-corrected chi connectivity index (χ2v) is 14.4. The molecule has 3 aromatic rings. The highest BCUT2D eigenvalue weighted by Crippen LogP contribution is 2.47. The summed E-state index contributed by atoms with van der Waals surface area (Å²) in [5, 5.41) is 14.2. The molecule has 0 amide bonds. The lowest BCUT2D eigenvalue weighted by atomic mass is 9.86. The number of rotatable bonds is 7. The standard InChI is InChI=1S/C29H36F4N6O3S/c1-16(2)19-10-22(29(31,32)33)26(39-13-18(17(39)3)15-43(5,41)42)21-12-35-25(11-20(19)21)36-24-6-8-34-27(37-24)38-9-7-28(4,40)23(30)14-38/h6,8,10-12,16-18,23,40H,7,9,13-15H2,1-5H3,(H,34,35,36,37)/t17-,18-,23+,28-/m1/s1. The first-order valence-electron chi connectivity index (χ1n) is 14.1. The molecule has 4 atom stereocenters. The maximum atomic E-state index is 14.5. The quantitative estimate of drug-likeness (QED) is 0.348. The highest BCUT2D eigenvalue weighted by atomic mass is 32.2. The van der Waals surface area contributed by atoms with Gasteiger partial charge in [0, 0.05) is 49.1 Å². The van der Waals surface area contributed by atoms with E-state index in [0.29, 0.717) is 34.5 Å². The van der Waals surface area contributed by atoms with Crippen molar-refractivity contribution in [2.75, 3.05) is 46.8 Å². The number of aliphatic hydroxyl groups is 1. The molecule has 234 valence electrons. The molecule has 0 bridgehead atoms. The van der Waals surface area contributed by atoms with Gasteiger partial charge < -0.3 is 20.2 Å². The molecule has 0 unspecified atom stereocenters. The van der Waals surface area contributed by atoms with Gasteiger partial charge in [0.1, 0.15) is 27.6 Å². The Morgan fingerprint density at radius 2 is 1.88 bits per heavy atom. The molecule has 2 aromatic heterocycles. The average molecular weight is 625 g/mol. The number of hydrogen-bond donors (Lipinski definition) is 2. The highest BCUT2D eigenvalue weighted by molar-refractivity contribution is 7.90. The predicted octanol–water partition coefficient (Wildman–Crippen LogP) is 5.08. The van der Waals surface area contributed by atoms with Crippen molar-refractivity contribution in [3.63, 3.8) is 0 Å². The fourth-order valence-corrected chi connectivity index (χ4v) is 7.01. The van der Waals surface area contributed by atoms with E-state index in [2.05, 4.69) is 20.3 Å². The van der Waals surface area contributed by atoms with Crippen LogP contribution in [-0.2, 0) is 16.0 Å². The Kier molecular flexibility index (Phi) is 7.99. The first-order valence-corrected chi connectivity index (χ1v) is 16.2. The van der Waals surface area contributed by atoms with E-state index >= 15 is 0 Å². The number of fused-ring (bicyclic) bond motifs is 1. The van der Waals surface area contributed by atoms with E-state index in [1.165, 1.54) is 25.4 Å². The topological polar surface area (TPSA) is 112 Å². The third-order valence-electron chi connectivity index (χ3n) is 8.49. The highest BCUT2D eigenvalue weighted by Gasteiger charge is 2.44. The maximum absolute atomic E-state index is 14.5. The van der Waals surface area contributed by atoms with E-state index in [4.69, 9.17) is 0 Å². The minimum atomic E-state index is -4.64. The van der Waals surface area contributed by atoms with Gasteiger partial charge in [0.05, 0.1) is 29.1 Å². The minimum Gasteiger partial charge on any atom is -0.387 e. The number of nitrogens with one attached hydrogen (secondary N) is 1. The fourth-order valence-electron chi connectivity index (χ4n) is 5.85. The van der Waals surface area contributed by atoms with E-state index in [-0.39, 0.29) is 48.7 Å². The zero-order valence-corrected chi connectivity index (χ0v) is 25.5. The second kappa shape index (κ2) is 11.0. The van der Waals surface area contributed by atoms with Crippen LogP contribution in [0.3, 0.4) is 0 Å². The molecule has 2 aliphatic heterocycles. The SMILES string of the molecule is CC(C)c1cc(C(F)(F)F)c(N2C[C@H](CS(C)(=O)=O)[C@H]2C)c2cnc(Nc3ccnc(N4CC[C@@](C)(O)[C@@H](F)C4)n3)cc12. The van der Waals surface area contributed by atoms with Crippen molar-refractivity contribution >= 4 is 43.9 Å².